The Balaban J connectivity index is 2.22. The molecule has 0 N–H and O–H groups in total. The molecule has 0 radical (unpaired) electrons. The zero-order chi connectivity index (χ0) is 19.0. The standard InChI is InChI=1S/C25H25IO/c1-2-24(19-12-20-26)27-25(21-13-6-3-7-14-21,22-15-8-4-9-16-22)23-17-10-5-11-18-23/h3-18,20,24H,2,19H2,1H3/b20-12+. The Kier molecular flexibility index (Phi) is 7.25. The summed E-state index contributed by atoms with van der Waals surface area (Å²) in [5.74, 6) is 0. The molecule has 0 spiro atoms. The van der Waals surface area contributed by atoms with Crippen molar-refractivity contribution in [3.8, 4) is 0 Å². The van der Waals surface area contributed by atoms with Gasteiger partial charge in [-0.05, 0) is 33.6 Å². The van der Waals surface area contributed by atoms with Crippen molar-refractivity contribution in [3.63, 3.8) is 0 Å². The fourth-order valence-corrected chi connectivity index (χ4v) is 3.77. The van der Waals surface area contributed by atoms with Crippen molar-refractivity contribution < 1.29 is 4.74 Å². The lowest BCUT2D eigenvalue weighted by molar-refractivity contribution is -0.0472. The average Bonchev–Trinajstić information content (AvgIpc) is 2.76. The van der Waals surface area contributed by atoms with E-state index in [1.54, 1.807) is 0 Å². The van der Waals surface area contributed by atoms with Gasteiger partial charge in [0.2, 0.25) is 0 Å². The largest absolute Gasteiger partial charge is 0.357 e. The first-order valence-corrected chi connectivity index (χ1v) is 10.7. The van der Waals surface area contributed by atoms with Crippen LogP contribution in [0.25, 0.3) is 0 Å². The van der Waals surface area contributed by atoms with Crippen LogP contribution in [0.4, 0.5) is 0 Å². The minimum absolute atomic E-state index is 0.122. The molecule has 3 aromatic rings. The smallest absolute Gasteiger partial charge is 0.144 e. The van der Waals surface area contributed by atoms with Crippen LogP contribution in [0.5, 0.6) is 0 Å². The van der Waals surface area contributed by atoms with Crippen LogP contribution in [0.15, 0.2) is 101 Å². The van der Waals surface area contributed by atoms with E-state index in [1.165, 1.54) is 0 Å². The van der Waals surface area contributed by atoms with E-state index in [-0.39, 0.29) is 6.10 Å². The van der Waals surface area contributed by atoms with E-state index in [4.69, 9.17) is 4.74 Å². The molecule has 27 heavy (non-hydrogen) atoms. The molecule has 0 amide bonds. The zero-order valence-corrected chi connectivity index (χ0v) is 17.8. The first-order chi connectivity index (χ1) is 13.3. The Labute approximate surface area is 176 Å². The lowest BCUT2D eigenvalue weighted by atomic mass is 9.79. The molecule has 0 saturated carbocycles. The van der Waals surface area contributed by atoms with Crippen LogP contribution in [0.1, 0.15) is 36.5 Å². The molecule has 3 rings (SSSR count). The highest BCUT2D eigenvalue weighted by atomic mass is 127. The summed E-state index contributed by atoms with van der Waals surface area (Å²) in [5, 5.41) is 0. The van der Waals surface area contributed by atoms with Crippen LogP contribution in [-0.4, -0.2) is 6.10 Å². The molecule has 1 atom stereocenters. The van der Waals surface area contributed by atoms with Crippen LogP contribution in [-0.2, 0) is 10.3 Å². The number of ether oxygens (including phenoxy) is 1. The van der Waals surface area contributed by atoms with Crippen LogP contribution in [0.2, 0.25) is 0 Å². The van der Waals surface area contributed by atoms with Crippen LogP contribution >= 0.6 is 22.6 Å². The molecule has 2 heteroatoms. The van der Waals surface area contributed by atoms with Crippen molar-refractivity contribution in [2.45, 2.75) is 31.5 Å². The van der Waals surface area contributed by atoms with Crippen LogP contribution < -0.4 is 0 Å². The van der Waals surface area contributed by atoms with E-state index in [0.717, 1.165) is 29.5 Å². The van der Waals surface area contributed by atoms with E-state index in [1.807, 2.05) is 0 Å². The number of rotatable bonds is 8. The van der Waals surface area contributed by atoms with Gasteiger partial charge in [-0.25, -0.2) is 0 Å². The molecule has 0 aliphatic heterocycles. The second kappa shape index (κ2) is 9.86. The van der Waals surface area contributed by atoms with E-state index >= 15 is 0 Å². The molecule has 1 nitrogen and oxygen atoms in total. The molecule has 0 heterocycles. The summed E-state index contributed by atoms with van der Waals surface area (Å²) in [4.78, 5) is 0. The molecule has 0 aliphatic carbocycles. The number of hydrogen-bond acceptors (Lipinski definition) is 1. The van der Waals surface area contributed by atoms with Gasteiger partial charge in [0, 0.05) is 0 Å². The summed E-state index contributed by atoms with van der Waals surface area (Å²) >= 11 is 2.27. The van der Waals surface area contributed by atoms with Crippen LogP contribution in [0, 0.1) is 0 Å². The van der Waals surface area contributed by atoms with E-state index in [9.17, 15) is 0 Å². The second-order valence-electron chi connectivity index (χ2n) is 6.52. The molecule has 3 aromatic carbocycles. The van der Waals surface area contributed by atoms with Crippen molar-refractivity contribution in [2.24, 2.45) is 0 Å². The second-order valence-corrected chi connectivity index (χ2v) is 7.24. The maximum atomic E-state index is 6.99. The third-order valence-corrected chi connectivity index (χ3v) is 5.34. The number of halogens is 1. The highest BCUT2D eigenvalue weighted by molar-refractivity contribution is 14.1. The first kappa shape index (κ1) is 19.8. The fraction of sp³-hybridized carbons (Fsp3) is 0.200. The Hall–Kier alpha value is -1.91. The molecule has 0 aliphatic rings. The third kappa shape index (κ3) is 4.50. The minimum Gasteiger partial charge on any atom is -0.357 e. The van der Waals surface area contributed by atoms with Crippen molar-refractivity contribution in [2.75, 3.05) is 0 Å². The predicted molar refractivity (Wildman–Crippen MR) is 122 cm³/mol. The summed E-state index contributed by atoms with van der Waals surface area (Å²) < 4.78 is 9.06. The number of hydrogen-bond donors (Lipinski definition) is 0. The molecule has 0 fully saturated rings. The highest BCUT2D eigenvalue weighted by Crippen LogP contribution is 2.42. The number of benzene rings is 3. The Morgan fingerprint density at radius 1 is 0.778 bits per heavy atom. The molecule has 0 saturated heterocycles. The van der Waals surface area contributed by atoms with E-state index < -0.39 is 5.60 Å². The topological polar surface area (TPSA) is 9.23 Å². The van der Waals surface area contributed by atoms with Gasteiger partial charge in [-0.3, -0.25) is 0 Å². The van der Waals surface area contributed by atoms with Gasteiger partial charge in [0.05, 0.1) is 6.10 Å². The summed E-state index contributed by atoms with van der Waals surface area (Å²) in [6.45, 7) is 2.19. The lowest BCUT2D eigenvalue weighted by Gasteiger charge is -2.38. The molecule has 0 aromatic heterocycles. The molecule has 138 valence electrons. The minimum atomic E-state index is -0.635. The molecule has 1 unspecified atom stereocenters. The predicted octanol–water partition coefficient (Wildman–Crippen LogP) is 7.11. The van der Waals surface area contributed by atoms with Gasteiger partial charge in [-0.1, -0.05) is 127 Å². The van der Waals surface area contributed by atoms with Gasteiger partial charge >= 0.3 is 0 Å². The quantitative estimate of drug-likeness (QED) is 0.253. The van der Waals surface area contributed by atoms with Gasteiger partial charge in [0.1, 0.15) is 5.60 Å². The SMILES string of the molecule is CCC(C/C=C/I)OC(c1ccccc1)(c1ccccc1)c1ccccc1. The maximum absolute atomic E-state index is 6.99. The lowest BCUT2D eigenvalue weighted by Crippen LogP contribution is -2.36. The molecule has 0 bridgehead atoms. The van der Waals surface area contributed by atoms with E-state index in [2.05, 4.69) is 131 Å². The average molecular weight is 468 g/mol. The van der Waals surface area contributed by atoms with Gasteiger partial charge < -0.3 is 4.74 Å². The van der Waals surface area contributed by atoms with Gasteiger partial charge in [0.15, 0.2) is 0 Å². The van der Waals surface area contributed by atoms with Crippen molar-refractivity contribution in [1.82, 2.24) is 0 Å². The van der Waals surface area contributed by atoms with Gasteiger partial charge in [-0.2, -0.15) is 0 Å². The van der Waals surface area contributed by atoms with Crippen molar-refractivity contribution in [1.29, 1.82) is 0 Å². The van der Waals surface area contributed by atoms with Crippen molar-refractivity contribution >= 4 is 22.6 Å². The Morgan fingerprint density at radius 3 is 1.52 bits per heavy atom. The summed E-state index contributed by atoms with van der Waals surface area (Å²) in [7, 11) is 0. The monoisotopic (exact) mass is 468 g/mol. The summed E-state index contributed by atoms with van der Waals surface area (Å²) in [5.41, 5.74) is 2.82. The van der Waals surface area contributed by atoms with Crippen molar-refractivity contribution in [3.05, 3.63) is 118 Å². The normalized spacial score (nSPS) is 13.0. The summed E-state index contributed by atoms with van der Waals surface area (Å²) in [6.07, 6.45) is 4.15. The Morgan fingerprint density at radius 2 is 1.19 bits per heavy atom. The van der Waals surface area contributed by atoms with E-state index in [0.29, 0.717) is 0 Å². The Bertz CT molecular complexity index is 731. The molecular weight excluding hydrogens is 443 g/mol. The van der Waals surface area contributed by atoms with Gasteiger partial charge in [-0.15, -0.1) is 0 Å². The zero-order valence-electron chi connectivity index (χ0n) is 15.6. The first-order valence-electron chi connectivity index (χ1n) is 9.41. The fourth-order valence-electron chi connectivity index (χ4n) is 3.47. The summed E-state index contributed by atoms with van der Waals surface area (Å²) in [6, 6.07) is 31.7. The highest BCUT2D eigenvalue weighted by Gasteiger charge is 2.39. The van der Waals surface area contributed by atoms with Crippen LogP contribution in [0.3, 0.4) is 0 Å². The third-order valence-electron chi connectivity index (χ3n) is 4.83. The van der Waals surface area contributed by atoms with Gasteiger partial charge in [0.25, 0.3) is 0 Å². The molecular formula is C25H25IO. The maximum Gasteiger partial charge on any atom is 0.144 e.